The average molecular weight is 200 g/mol. The van der Waals surface area contributed by atoms with Gasteiger partial charge in [0.05, 0.1) is 5.41 Å². The second kappa shape index (κ2) is 6.02. The van der Waals surface area contributed by atoms with Crippen LogP contribution in [-0.4, -0.2) is 30.9 Å². The van der Waals surface area contributed by atoms with E-state index in [4.69, 9.17) is 5.73 Å². The standard InChI is InChI=1S/C11H24N2O/c1-5-8-13(4)10(14)11(6-2,7-3)9-12/h5-9,12H2,1-4H3. The zero-order valence-electron chi connectivity index (χ0n) is 9.97. The van der Waals surface area contributed by atoms with Gasteiger partial charge in [0.1, 0.15) is 0 Å². The number of rotatable bonds is 6. The molecule has 0 aliphatic carbocycles. The van der Waals surface area contributed by atoms with Gasteiger partial charge in [-0.05, 0) is 19.3 Å². The summed E-state index contributed by atoms with van der Waals surface area (Å²) in [6.07, 6.45) is 2.65. The number of nitrogens with two attached hydrogens (primary N) is 1. The van der Waals surface area contributed by atoms with Crippen molar-refractivity contribution in [3.05, 3.63) is 0 Å². The summed E-state index contributed by atoms with van der Waals surface area (Å²) in [6, 6.07) is 0. The van der Waals surface area contributed by atoms with E-state index in [1.165, 1.54) is 0 Å². The van der Waals surface area contributed by atoms with E-state index in [1.807, 2.05) is 20.9 Å². The lowest BCUT2D eigenvalue weighted by Crippen LogP contribution is -2.46. The van der Waals surface area contributed by atoms with Gasteiger partial charge in [0.25, 0.3) is 0 Å². The number of carbonyl (C=O) groups is 1. The van der Waals surface area contributed by atoms with Crippen LogP contribution in [0.15, 0.2) is 0 Å². The molecule has 3 nitrogen and oxygen atoms in total. The third-order valence-electron chi connectivity index (χ3n) is 3.10. The lowest BCUT2D eigenvalue weighted by molar-refractivity contribution is -0.140. The Labute approximate surface area is 87.6 Å². The first-order valence-corrected chi connectivity index (χ1v) is 5.53. The highest BCUT2D eigenvalue weighted by atomic mass is 16.2. The predicted octanol–water partition coefficient (Wildman–Crippen LogP) is 1.62. The van der Waals surface area contributed by atoms with E-state index in [-0.39, 0.29) is 11.3 Å². The minimum Gasteiger partial charge on any atom is -0.345 e. The van der Waals surface area contributed by atoms with Crippen LogP contribution in [0.2, 0.25) is 0 Å². The van der Waals surface area contributed by atoms with Crippen LogP contribution in [0.1, 0.15) is 40.0 Å². The highest BCUT2D eigenvalue weighted by Gasteiger charge is 2.35. The molecule has 0 fully saturated rings. The molecule has 2 N–H and O–H groups in total. The largest absolute Gasteiger partial charge is 0.345 e. The van der Waals surface area contributed by atoms with Crippen molar-refractivity contribution in [1.82, 2.24) is 4.90 Å². The van der Waals surface area contributed by atoms with Crippen molar-refractivity contribution in [3.8, 4) is 0 Å². The highest BCUT2D eigenvalue weighted by molar-refractivity contribution is 5.82. The molecule has 1 amide bonds. The first kappa shape index (κ1) is 13.4. The van der Waals surface area contributed by atoms with E-state index < -0.39 is 0 Å². The lowest BCUT2D eigenvalue weighted by Gasteiger charge is -2.33. The Hall–Kier alpha value is -0.570. The molecule has 0 aromatic carbocycles. The zero-order chi connectivity index (χ0) is 11.2. The molecule has 0 aliphatic rings. The molecular weight excluding hydrogens is 176 g/mol. The Morgan fingerprint density at radius 3 is 2.07 bits per heavy atom. The summed E-state index contributed by atoms with van der Waals surface area (Å²) in [5.74, 6) is 0.201. The minimum atomic E-state index is -0.329. The molecule has 0 unspecified atom stereocenters. The Bertz CT molecular complexity index is 168. The van der Waals surface area contributed by atoms with Crippen LogP contribution in [-0.2, 0) is 4.79 Å². The van der Waals surface area contributed by atoms with Gasteiger partial charge in [0.2, 0.25) is 5.91 Å². The molecule has 0 spiro atoms. The molecule has 84 valence electrons. The van der Waals surface area contributed by atoms with Crippen molar-refractivity contribution in [1.29, 1.82) is 0 Å². The van der Waals surface area contributed by atoms with Gasteiger partial charge in [0.15, 0.2) is 0 Å². The van der Waals surface area contributed by atoms with E-state index >= 15 is 0 Å². The first-order valence-electron chi connectivity index (χ1n) is 5.53. The molecule has 0 saturated heterocycles. The van der Waals surface area contributed by atoms with E-state index in [9.17, 15) is 4.79 Å². The van der Waals surface area contributed by atoms with E-state index in [2.05, 4.69) is 6.92 Å². The summed E-state index contributed by atoms with van der Waals surface area (Å²) < 4.78 is 0. The van der Waals surface area contributed by atoms with E-state index in [0.29, 0.717) is 6.54 Å². The normalized spacial score (nSPS) is 11.5. The van der Waals surface area contributed by atoms with Crippen molar-refractivity contribution in [3.63, 3.8) is 0 Å². The summed E-state index contributed by atoms with van der Waals surface area (Å²) in [5, 5.41) is 0. The molecule has 0 heterocycles. The van der Waals surface area contributed by atoms with Crippen LogP contribution in [0, 0.1) is 5.41 Å². The van der Waals surface area contributed by atoms with Gasteiger partial charge < -0.3 is 10.6 Å². The first-order chi connectivity index (χ1) is 6.57. The molecule has 0 aromatic heterocycles. The van der Waals surface area contributed by atoms with Crippen LogP contribution in [0.3, 0.4) is 0 Å². The minimum absolute atomic E-state index is 0.201. The van der Waals surface area contributed by atoms with E-state index in [0.717, 1.165) is 25.8 Å². The number of hydrogen-bond donors (Lipinski definition) is 1. The van der Waals surface area contributed by atoms with Gasteiger partial charge in [-0.1, -0.05) is 20.8 Å². The lowest BCUT2D eigenvalue weighted by atomic mass is 9.81. The molecule has 0 saturated carbocycles. The Morgan fingerprint density at radius 1 is 1.29 bits per heavy atom. The molecule has 0 radical (unpaired) electrons. The summed E-state index contributed by atoms with van der Waals surface area (Å²) in [4.78, 5) is 13.9. The van der Waals surface area contributed by atoms with Gasteiger partial charge >= 0.3 is 0 Å². The molecule has 14 heavy (non-hydrogen) atoms. The van der Waals surface area contributed by atoms with Crippen LogP contribution in [0.4, 0.5) is 0 Å². The maximum Gasteiger partial charge on any atom is 0.229 e. The summed E-state index contributed by atoms with van der Waals surface area (Å²) in [6.45, 7) is 7.42. The highest BCUT2D eigenvalue weighted by Crippen LogP contribution is 2.27. The Morgan fingerprint density at radius 2 is 1.79 bits per heavy atom. The second-order valence-electron chi connectivity index (χ2n) is 3.92. The van der Waals surface area contributed by atoms with E-state index in [1.54, 1.807) is 4.90 Å². The van der Waals surface area contributed by atoms with Crippen molar-refractivity contribution in [2.75, 3.05) is 20.1 Å². The molecule has 0 aliphatic heterocycles. The third kappa shape index (κ3) is 2.71. The molecule has 0 atom stereocenters. The van der Waals surface area contributed by atoms with Gasteiger partial charge in [-0.25, -0.2) is 0 Å². The van der Waals surface area contributed by atoms with Crippen molar-refractivity contribution in [2.45, 2.75) is 40.0 Å². The quantitative estimate of drug-likeness (QED) is 0.708. The Kier molecular flexibility index (Phi) is 5.77. The van der Waals surface area contributed by atoms with Gasteiger partial charge in [-0.2, -0.15) is 0 Å². The molecule has 0 bridgehead atoms. The van der Waals surface area contributed by atoms with Crippen molar-refractivity contribution >= 4 is 5.91 Å². The molecule has 0 rings (SSSR count). The van der Waals surface area contributed by atoms with Crippen LogP contribution >= 0.6 is 0 Å². The molecular formula is C11H24N2O. The fourth-order valence-electron chi connectivity index (χ4n) is 1.77. The SMILES string of the molecule is CCCN(C)C(=O)C(CC)(CC)CN. The Balaban J connectivity index is 4.58. The van der Waals surface area contributed by atoms with Crippen molar-refractivity contribution < 1.29 is 4.79 Å². The fourth-order valence-corrected chi connectivity index (χ4v) is 1.77. The van der Waals surface area contributed by atoms with Gasteiger partial charge in [-0.15, -0.1) is 0 Å². The van der Waals surface area contributed by atoms with Gasteiger partial charge in [-0.3, -0.25) is 4.79 Å². The van der Waals surface area contributed by atoms with Crippen LogP contribution in [0.5, 0.6) is 0 Å². The van der Waals surface area contributed by atoms with Crippen molar-refractivity contribution in [2.24, 2.45) is 11.1 Å². The van der Waals surface area contributed by atoms with Crippen LogP contribution < -0.4 is 5.73 Å². The molecule has 0 aromatic rings. The smallest absolute Gasteiger partial charge is 0.229 e. The molecule has 3 heteroatoms. The summed E-state index contributed by atoms with van der Waals surface area (Å²) >= 11 is 0. The average Bonchev–Trinajstić information content (AvgIpc) is 2.21. The summed E-state index contributed by atoms with van der Waals surface area (Å²) in [7, 11) is 1.86. The number of nitrogens with zero attached hydrogens (tertiary/aromatic N) is 1. The summed E-state index contributed by atoms with van der Waals surface area (Å²) in [5.41, 5.74) is 5.39. The predicted molar refractivity (Wildman–Crippen MR) is 60.0 cm³/mol. The van der Waals surface area contributed by atoms with Gasteiger partial charge in [0, 0.05) is 20.1 Å². The van der Waals surface area contributed by atoms with Crippen LogP contribution in [0.25, 0.3) is 0 Å². The second-order valence-corrected chi connectivity index (χ2v) is 3.92. The maximum atomic E-state index is 12.1. The number of amides is 1. The number of hydrogen-bond acceptors (Lipinski definition) is 2. The zero-order valence-corrected chi connectivity index (χ0v) is 9.97. The monoisotopic (exact) mass is 200 g/mol. The topological polar surface area (TPSA) is 46.3 Å². The fraction of sp³-hybridized carbons (Fsp3) is 0.909. The third-order valence-corrected chi connectivity index (χ3v) is 3.10. The number of carbonyl (C=O) groups excluding carboxylic acids is 1. The maximum absolute atomic E-state index is 12.1.